The van der Waals surface area contributed by atoms with Crippen LogP contribution in [0.5, 0.6) is 0 Å². The van der Waals surface area contributed by atoms with Gasteiger partial charge in [-0.15, -0.1) is 0 Å². The number of nitrogens with zero attached hydrogens (tertiary/aromatic N) is 2. The van der Waals surface area contributed by atoms with Crippen LogP contribution in [-0.2, 0) is 4.79 Å². The molecule has 4 nitrogen and oxygen atoms in total. The molecule has 0 saturated carbocycles. The Balaban J connectivity index is 3.55. The van der Waals surface area contributed by atoms with Crippen molar-refractivity contribution in [3.63, 3.8) is 0 Å². The molecule has 0 bridgehead atoms. The number of rotatable bonds is 7. The Hall–Kier alpha value is -0.610. The quantitative estimate of drug-likeness (QED) is 0.668. The second-order valence-electron chi connectivity index (χ2n) is 4.49. The van der Waals surface area contributed by atoms with Crippen molar-refractivity contribution < 1.29 is 4.79 Å². The average Bonchev–Trinajstić information content (AvgIpc) is 2.17. The van der Waals surface area contributed by atoms with Crippen LogP contribution < -0.4 is 5.73 Å². The number of nitrogens with two attached hydrogens (primary N) is 1. The minimum Gasteiger partial charge on any atom is -0.349 e. The fourth-order valence-electron chi connectivity index (χ4n) is 1.42. The molecule has 0 heterocycles. The van der Waals surface area contributed by atoms with Gasteiger partial charge in [0.15, 0.2) is 0 Å². The van der Waals surface area contributed by atoms with E-state index in [1.807, 2.05) is 0 Å². The van der Waals surface area contributed by atoms with Gasteiger partial charge in [0, 0.05) is 27.1 Å². The first kappa shape index (κ1) is 14.4. The third-order valence-electron chi connectivity index (χ3n) is 2.45. The van der Waals surface area contributed by atoms with E-state index in [4.69, 9.17) is 5.73 Å². The zero-order valence-corrected chi connectivity index (χ0v) is 10.5. The van der Waals surface area contributed by atoms with E-state index in [-0.39, 0.29) is 5.91 Å². The Morgan fingerprint density at radius 3 is 2.40 bits per heavy atom. The minimum absolute atomic E-state index is 0.204. The monoisotopic (exact) mass is 215 g/mol. The van der Waals surface area contributed by atoms with Crippen LogP contribution in [-0.4, -0.2) is 56.5 Å². The van der Waals surface area contributed by atoms with Crippen molar-refractivity contribution in [3.8, 4) is 0 Å². The number of carbonyl (C=O) groups excluding carboxylic acids is 1. The molecule has 0 fully saturated rings. The van der Waals surface area contributed by atoms with Crippen LogP contribution in [0.15, 0.2) is 0 Å². The molecule has 0 rings (SSSR count). The first-order valence-electron chi connectivity index (χ1n) is 5.56. The summed E-state index contributed by atoms with van der Waals surface area (Å²) in [5.41, 5.74) is 5.55. The fourth-order valence-corrected chi connectivity index (χ4v) is 1.42. The lowest BCUT2D eigenvalue weighted by atomic mass is 10.1. The maximum absolute atomic E-state index is 11.3. The van der Waals surface area contributed by atoms with Crippen LogP contribution in [0.1, 0.15) is 19.8 Å². The SMILES string of the molecule is CC(CN)CN(C)CCCC(=O)N(C)C. The predicted molar refractivity (Wildman–Crippen MR) is 63.6 cm³/mol. The van der Waals surface area contributed by atoms with Crippen molar-refractivity contribution in [2.45, 2.75) is 19.8 Å². The second-order valence-corrected chi connectivity index (χ2v) is 4.49. The van der Waals surface area contributed by atoms with E-state index in [2.05, 4.69) is 18.9 Å². The van der Waals surface area contributed by atoms with Crippen LogP contribution >= 0.6 is 0 Å². The van der Waals surface area contributed by atoms with Crippen molar-refractivity contribution in [2.24, 2.45) is 11.7 Å². The maximum Gasteiger partial charge on any atom is 0.222 e. The smallest absolute Gasteiger partial charge is 0.222 e. The van der Waals surface area contributed by atoms with Gasteiger partial charge in [-0.3, -0.25) is 4.79 Å². The van der Waals surface area contributed by atoms with Gasteiger partial charge in [0.1, 0.15) is 0 Å². The van der Waals surface area contributed by atoms with Crippen molar-refractivity contribution >= 4 is 5.91 Å². The first-order chi connectivity index (χ1) is 6.97. The van der Waals surface area contributed by atoms with Crippen LogP contribution in [0, 0.1) is 5.92 Å². The van der Waals surface area contributed by atoms with E-state index < -0.39 is 0 Å². The lowest BCUT2D eigenvalue weighted by Gasteiger charge is -2.20. The van der Waals surface area contributed by atoms with E-state index in [0.717, 1.165) is 26.1 Å². The molecule has 0 aliphatic heterocycles. The molecule has 1 unspecified atom stereocenters. The third-order valence-corrected chi connectivity index (χ3v) is 2.45. The van der Waals surface area contributed by atoms with Gasteiger partial charge < -0.3 is 15.5 Å². The van der Waals surface area contributed by atoms with E-state index in [9.17, 15) is 4.79 Å². The van der Waals surface area contributed by atoms with Gasteiger partial charge in [0.25, 0.3) is 0 Å². The number of hydrogen-bond donors (Lipinski definition) is 1. The molecule has 2 N–H and O–H groups in total. The summed E-state index contributed by atoms with van der Waals surface area (Å²) in [5, 5.41) is 0. The highest BCUT2D eigenvalue weighted by Gasteiger charge is 2.07. The molecule has 0 spiro atoms. The average molecular weight is 215 g/mol. The van der Waals surface area contributed by atoms with Crippen LogP contribution in [0.2, 0.25) is 0 Å². The second kappa shape index (κ2) is 7.65. The molecule has 0 aromatic rings. The van der Waals surface area contributed by atoms with Gasteiger partial charge in [-0.1, -0.05) is 6.92 Å². The van der Waals surface area contributed by atoms with E-state index in [1.165, 1.54) is 0 Å². The summed E-state index contributed by atoms with van der Waals surface area (Å²) in [6.45, 7) is 4.83. The molecule has 0 aliphatic rings. The summed E-state index contributed by atoms with van der Waals surface area (Å²) in [6.07, 6.45) is 1.55. The zero-order chi connectivity index (χ0) is 11.8. The largest absolute Gasteiger partial charge is 0.349 e. The van der Waals surface area contributed by atoms with Crippen molar-refractivity contribution in [1.29, 1.82) is 0 Å². The van der Waals surface area contributed by atoms with Crippen LogP contribution in [0.25, 0.3) is 0 Å². The van der Waals surface area contributed by atoms with E-state index in [0.29, 0.717) is 12.3 Å². The fraction of sp³-hybridized carbons (Fsp3) is 0.909. The molecule has 0 aromatic carbocycles. The summed E-state index contributed by atoms with van der Waals surface area (Å²) >= 11 is 0. The van der Waals surface area contributed by atoms with Crippen LogP contribution in [0.4, 0.5) is 0 Å². The van der Waals surface area contributed by atoms with Gasteiger partial charge in [0.05, 0.1) is 0 Å². The molecule has 4 heteroatoms. The van der Waals surface area contributed by atoms with Gasteiger partial charge >= 0.3 is 0 Å². The molecular formula is C11H25N3O. The molecule has 0 aliphatic carbocycles. The summed E-state index contributed by atoms with van der Waals surface area (Å²) in [5.74, 6) is 0.731. The Bertz CT molecular complexity index is 183. The molecule has 90 valence electrons. The normalized spacial score (nSPS) is 12.9. The van der Waals surface area contributed by atoms with E-state index >= 15 is 0 Å². The summed E-state index contributed by atoms with van der Waals surface area (Å²) in [6, 6.07) is 0. The Morgan fingerprint density at radius 2 is 1.93 bits per heavy atom. The van der Waals surface area contributed by atoms with Crippen molar-refractivity contribution in [3.05, 3.63) is 0 Å². The molecule has 0 saturated heterocycles. The molecule has 15 heavy (non-hydrogen) atoms. The van der Waals surface area contributed by atoms with E-state index in [1.54, 1.807) is 19.0 Å². The Labute approximate surface area is 93.4 Å². The van der Waals surface area contributed by atoms with Crippen molar-refractivity contribution in [2.75, 3.05) is 40.8 Å². The highest BCUT2D eigenvalue weighted by Crippen LogP contribution is 1.99. The zero-order valence-electron chi connectivity index (χ0n) is 10.5. The summed E-state index contributed by atoms with van der Waals surface area (Å²) in [7, 11) is 5.66. The number of amides is 1. The Kier molecular flexibility index (Phi) is 7.34. The van der Waals surface area contributed by atoms with Gasteiger partial charge in [-0.25, -0.2) is 0 Å². The highest BCUT2D eigenvalue weighted by molar-refractivity contribution is 5.75. The third kappa shape index (κ3) is 7.33. The van der Waals surface area contributed by atoms with Crippen LogP contribution in [0.3, 0.4) is 0 Å². The molecule has 0 aromatic heterocycles. The Morgan fingerprint density at radius 1 is 1.33 bits per heavy atom. The number of hydrogen-bond acceptors (Lipinski definition) is 3. The highest BCUT2D eigenvalue weighted by atomic mass is 16.2. The lowest BCUT2D eigenvalue weighted by molar-refractivity contribution is -0.128. The standard InChI is InChI=1S/C11H25N3O/c1-10(8-12)9-14(4)7-5-6-11(15)13(2)3/h10H,5-9,12H2,1-4H3. The lowest BCUT2D eigenvalue weighted by Crippen LogP contribution is -2.30. The molecule has 1 amide bonds. The first-order valence-corrected chi connectivity index (χ1v) is 5.56. The number of carbonyl (C=O) groups is 1. The molecule has 0 radical (unpaired) electrons. The van der Waals surface area contributed by atoms with Gasteiger partial charge in [-0.2, -0.15) is 0 Å². The summed E-state index contributed by atoms with van der Waals surface area (Å²) < 4.78 is 0. The molecular weight excluding hydrogens is 190 g/mol. The van der Waals surface area contributed by atoms with Gasteiger partial charge in [-0.05, 0) is 32.5 Å². The van der Waals surface area contributed by atoms with Crippen molar-refractivity contribution in [1.82, 2.24) is 9.80 Å². The predicted octanol–water partition coefficient (Wildman–Crippen LogP) is 0.381. The molecule has 1 atom stereocenters. The maximum atomic E-state index is 11.3. The topological polar surface area (TPSA) is 49.6 Å². The van der Waals surface area contributed by atoms with Gasteiger partial charge in [0.2, 0.25) is 5.91 Å². The summed E-state index contributed by atoms with van der Waals surface area (Å²) in [4.78, 5) is 15.2. The minimum atomic E-state index is 0.204.